The number of aromatic hydroxyl groups is 1. The second-order valence-electron chi connectivity index (χ2n) is 7.01. The van der Waals surface area contributed by atoms with E-state index in [1.54, 1.807) is 6.07 Å². The number of carbonyl (C=O) groups is 1. The van der Waals surface area contributed by atoms with E-state index < -0.39 is 17.1 Å². The summed E-state index contributed by atoms with van der Waals surface area (Å²) in [4.78, 5) is 12.6. The van der Waals surface area contributed by atoms with Crippen LogP contribution >= 0.6 is 22.9 Å². The van der Waals surface area contributed by atoms with Gasteiger partial charge in [-0.3, -0.25) is 4.79 Å². The predicted molar refractivity (Wildman–Crippen MR) is 92.9 cm³/mol. The number of rotatable bonds is 0. The van der Waals surface area contributed by atoms with Gasteiger partial charge in [0.2, 0.25) is 0 Å². The minimum absolute atomic E-state index is 0.0267. The number of piperidine rings is 1. The molecule has 2 heterocycles. The molecule has 0 aromatic heterocycles. The largest absolute Gasteiger partial charge is 0.504 e. The van der Waals surface area contributed by atoms with Crippen molar-refractivity contribution >= 4 is 28.6 Å². The number of phenolic OH excluding ortho intramolecular Hbond substituents is 1. The zero-order valence-electron chi connectivity index (χ0n) is 13.2. The quantitative estimate of drug-likeness (QED) is 0.489. The highest BCUT2D eigenvalue weighted by Gasteiger charge is 2.70. The van der Waals surface area contributed by atoms with E-state index in [0.717, 1.165) is 17.7 Å². The Labute approximate surface area is 149 Å². The fourth-order valence-corrected chi connectivity index (χ4v) is 5.61. The maximum Gasteiger partial charge on any atom is 0.174 e. The Kier molecular flexibility index (Phi) is 3.29. The highest BCUT2D eigenvalue weighted by Crippen LogP contribution is 2.62. The molecule has 6 heteroatoms. The molecule has 2 aliphatic heterocycles. The van der Waals surface area contributed by atoms with Gasteiger partial charge in [0, 0.05) is 47.4 Å². The monoisotopic (exact) mass is 429 g/mol. The Bertz CT molecular complexity index is 708. The number of fused-ring (bicyclic) bond motifs is 1. The molecule has 1 saturated heterocycles. The van der Waals surface area contributed by atoms with Crippen molar-refractivity contribution in [2.24, 2.45) is 0 Å². The molecule has 1 aromatic rings. The molecular formula is C17H20INO4. The van der Waals surface area contributed by atoms with Gasteiger partial charge in [-0.15, -0.1) is 0 Å². The van der Waals surface area contributed by atoms with Gasteiger partial charge in [-0.2, -0.15) is 0 Å². The van der Waals surface area contributed by atoms with E-state index in [0.29, 0.717) is 25.0 Å². The second kappa shape index (κ2) is 4.83. The molecular weight excluding hydrogens is 409 g/mol. The summed E-state index contributed by atoms with van der Waals surface area (Å²) in [6.07, 6.45) is 0.687. The minimum atomic E-state index is -1.05. The normalized spacial score (nSPS) is 39.4. The SMILES string of the molecule is Cc1ccc(O)c2c1[C@@]13CCN(I)[C@@H](C)[C@@]1(O)CCC(=O)[C@H]3O2. The molecule has 23 heavy (non-hydrogen) atoms. The molecule has 4 rings (SSSR count). The van der Waals surface area contributed by atoms with E-state index in [-0.39, 0.29) is 17.6 Å². The van der Waals surface area contributed by atoms with Crippen molar-refractivity contribution in [2.75, 3.05) is 6.54 Å². The number of halogens is 1. The first kappa shape index (κ1) is 15.7. The zero-order chi connectivity index (χ0) is 16.6. The summed E-state index contributed by atoms with van der Waals surface area (Å²) >= 11 is 2.25. The standard InChI is InChI=1S/C17H20INO4/c1-9-3-4-11(20)14-13(9)16-7-8-19(18)10(2)17(16,22)6-5-12(21)15(16)23-14/h3-4,10,15,20,22H,5-8H2,1-2H3/t10-,15+,16+,17-/m0/s1. The molecule has 1 aromatic carbocycles. The van der Waals surface area contributed by atoms with Gasteiger partial charge < -0.3 is 14.9 Å². The molecule has 3 aliphatic rings. The Morgan fingerprint density at radius 1 is 1.39 bits per heavy atom. The van der Waals surface area contributed by atoms with Crippen molar-refractivity contribution in [1.82, 2.24) is 3.11 Å². The number of hydrogen-bond donors (Lipinski definition) is 2. The van der Waals surface area contributed by atoms with Crippen molar-refractivity contribution in [3.8, 4) is 11.5 Å². The van der Waals surface area contributed by atoms with Gasteiger partial charge in [0.1, 0.15) is 0 Å². The first-order valence-corrected chi connectivity index (χ1v) is 8.96. The Morgan fingerprint density at radius 2 is 2.13 bits per heavy atom. The van der Waals surface area contributed by atoms with Crippen molar-refractivity contribution in [1.29, 1.82) is 0 Å². The van der Waals surface area contributed by atoms with E-state index >= 15 is 0 Å². The van der Waals surface area contributed by atoms with E-state index in [1.165, 1.54) is 0 Å². The maximum atomic E-state index is 12.6. The highest BCUT2D eigenvalue weighted by molar-refractivity contribution is 14.1. The molecule has 2 N–H and O–H groups in total. The Hall–Kier alpha value is -0.860. The number of phenols is 1. The molecule has 1 saturated carbocycles. The van der Waals surface area contributed by atoms with Crippen LogP contribution in [0.5, 0.6) is 11.5 Å². The lowest BCUT2D eigenvalue weighted by molar-refractivity contribution is -0.169. The molecule has 1 aliphatic carbocycles. The summed E-state index contributed by atoms with van der Waals surface area (Å²) in [6, 6.07) is 3.35. The summed E-state index contributed by atoms with van der Waals surface area (Å²) < 4.78 is 8.08. The number of ketones is 1. The van der Waals surface area contributed by atoms with Crippen LogP contribution in [0, 0.1) is 6.92 Å². The third-order valence-corrected chi connectivity index (χ3v) is 7.44. The molecule has 1 spiro atoms. The van der Waals surface area contributed by atoms with Gasteiger partial charge in [0.15, 0.2) is 23.4 Å². The van der Waals surface area contributed by atoms with Gasteiger partial charge in [-0.1, -0.05) is 6.07 Å². The zero-order valence-corrected chi connectivity index (χ0v) is 15.3. The molecule has 0 radical (unpaired) electrons. The lowest BCUT2D eigenvalue weighted by Crippen LogP contribution is -2.72. The third kappa shape index (κ3) is 1.72. The summed E-state index contributed by atoms with van der Waals surface area (Å²) in [5.74, 6) is 0.464. The lowest BCUT2D eigenvalue weighted by atomic mass is 9.53. The lowest BCUT2D eigenvalue weighted by Gasteiger charge is -2.58. The van der Waals surface area contributed by atoms with E-state index in [2.05, 4.69) is 26.0 Å². The Balaban J connectivity index is 2.02. The first-order valence-electron chi connectivity index (χ1n) is 8.00. The predicted octanol–water partition coefficient (Wildman–Crippen LogP) is 2.24. The first-order chi connectivity index (χ1) is 10.8. The van der Waals surface area contributed by atoms with E-state index in [9.17, 15) is 15.0 Å². The van der Waals surface area contributed by atoms with E-state index in [4.69, 9.17) is 4.74 Å². The number of carbonyl (C=O) groups excluding carboxylic acids is 1. The molecule has 2 fully saturated rings. The summed E-state index contributed by atoms with van der Waals surface area (Å²) in [6.45, 7) is 4.74. The number of ether oxygens (including phenoxy) is 1. The average molecular weight is 429 g/mol. The maximum absolute atomic E-state index is 12.6. The van der Waals surface area contributed by atoms with Crippen LogP contribution in [-0.4, -0.2) is 43.4 Å². The fraction of sp³-hybridized carbons (Fsp3) is 0.588. The third-order valence-electron chi connectivity index (χ3n) is 6.12. The molecule has 124 valence electrons. The number of aliphatic hydroxyl groups is 1. The minimum Gasteiger partial charge on any atom is -0.504 e. The summed E-state index contributed by atoms with van der Waals surface area (Å²) in [7, 11) is 0. The van der Waals surface area contributed by atoms with Crippen LogP contribution in [-0.2, 0) is 10.2 Å². The fourth-order valence-electron chi connectivity index (χ4n) is 4.91. The smallest absolute Gasteiger partial charge is 0.174 e. The van der Waals surface area contributed by atoms with E-state index in [1.807, 2.05) is 19.9 Å². The molecule has 0 bridgehead atoms. The number of nitrogens with zero attached hydrogens (tertiary/aromatic N) is 1. The van der Waals surface area contributed by atoms with Crippen LogP contribution < -0.4 is 4.74 Å². The van der Waals surface area contributed by atoms with Gasteiger partial charge in [-0.25, -0.2) is 3.11 Å². The number of hydrogen-bond acceptors (Lipinski definition) is 5. The van der Waals surface area contributed by atoms with Crippen molar-refractivity contribution in [3.63, 3.8) is 0 Å². The topological polar surface area (TPSA) is 70.0 Å². The number of benzene rings is 1. The van der Waals surface area contributed by atoms with Crippen molar-refractivity contribution in [2.45, 2.75) is 56.3 Å². The summed E-state index contributed by atoms with van der Waals surface area (Å²) in [5.41, 5.74) is -0.0203. The Morgan fingerprint density at radius 3 is 2.87 bits per heavy atom. The van der Waals surface area contributed by atoms with Crippen LogP contribution in [0.15, 0.2) is 12.1 Å². The van der Waals surface area contributed by atoms with Crippen LogP contribution in [0.2, 0.25) is 0 Å². The highest BCUT2D eigenvalue weighted by atomic mass is 127. The molecule has 5 nitrogen and oxygen atoms in total. The molecule has 4 atom stereocenters. The van der Waals surface area contributed by atoms with Crippen LogP contribution in [0.25, 0.3) is 0 Å². The molecule has 0 unspecified atom stereocenters. The number of Topliss-reactive ketones (excluding diaryl/α,β-unsaturated/α-hetero) is 1. The average Bonchev–Trinajstić information content (AvgIpc) is 2.89. The van der Waals surface area contributed by atoms with Gasteiger partial charge in [0.05, 0.1) is 11.0 Å². The number of aryl methyl sites for hydroxylation is 1. The van der Waals surface area contributed by atoms with Crippen molar-refractivity contribution < 1.29 is 19.7 Å². The summed E-state index contributed by atoms with van der Waals surface area (Å²) in [5, 5.41) is 22.0. The van der Waals surface area contributed by atoms with Crippen LogP contribution in [0.4, 0.5) is 0 Å². The van der Waals surface area contributed by atoms with Gasteiger partial charge in [-0.05, 0) is 38.3 Å². The van der Waals surface area contributed by atoms with Gasteiger partial charge in [0.25, 0.3) is 0 Å². The van der Waals surface area contributed by atoms with Crippen molar-refractivity contribution in [3.05, 3.63) is 23.3 Å². The van der Waals surface area contributed by atoms with Crippen LogP contribution in [0.1, 0.15) is 37.3 Å². The molecule has 0 amide bonds. The van der Waals surface area contributed by atoms with Gasteiger partial charge >= 0.3 is 0 Å². The van der Waals surface area contributed by atoms with Crippen LogP contribution in [0.3, 0.4) is 0 Å². The second-order valence-corrected chi connectivity index (χ2v) is 8.25.